The second-order valence-corrected chi connectivity index (χ2v) is 5.01. The van der Waals surface area contributed by atoms with Gasteiger partial charge in [0.05, 0.1) is 14.2 Å². The Kier molecular flexibility index (Phi) is 4.91. The van der Waals surface area contributed by atoms with Crippen molar-refractivity contribution in [3.05, 3.63) is 18.2 Å². The maximum Gasteiger partial charge on any atom is 0.127 e. The molecule has 2 rings (SSSR count). The summed E-state index contributed by atoms with van der Waals surface area (Å²) in [4.78, 5) is 0. The van der Waals surface area contributed by atoms with Crippen LogP contribution in [0.4, 0.5) is 0 Å². The van der Waals surface area contributed by atoms with Crippen LogP contribution in [0.15, 0.2) is 18.2 Å². The molecule has 0 heterocycles. The second kappa shape index (κ2) is 6.66. The number of benzene rings is 1. The number of hydrogen-bond acceptors (Lipinski definition) is 4. The summed E-state index contributed by atoms with van der Waals surface area (Å²) < 4.78 is 16.5. The monoisotopic (exact) mass is 265 g/mol. The van der Waals surface area contributed by atoms with Crippen LogP contribution in [-0.4, -0.2) is 26.4 Å². The Bertz CT molecular complexity index is 386. The number of nitrogens with two attached hydrogens (primary N) is 1. The van der Waals surface area contributed by atoms with E-state index in [0.717, 1.165) is 30.1 Å². The Balaban J connectivity index is 2.12. The van der Waals surface area contributed by atoms with Gasteiger partial charge in [0.25, 0.3) is 0 Å². The molecule has 19 heavy (non-hydrogen) atoms. The minimum Gasteiger partial charge on any atom is -0.496 e. The topological polar surface area (TPSA) is 53.7 Å². The summed E-state index contributed by atoms with van der Waals surface area (Å²) in [5.74, 6) is 2.23. The molecule has 0 amide bonds. The van der Waals surface area contributed by atoms with E-state index in [-0.39, 0.29) is 12.1 Å². The highest BCUT2D eigenvalue weighted by Crippen LogP contribution is 2.30. The van der Waals surface area contributed by atoms with Gasteiger partial charge in [-0.3, -0.25) is 0 Å². The maximum absolute atomic E-state index is 6.18. The van der Waals surface area contributed by atoms with E-state index < -0.39 is 0 Å². The van der Waals surface area contributed by atoms with E-state index in [1.54, 1.807) is 14.2 Å². The molecule has 1 aromatic carbocycles. The fourth-order valence-electron chi connectivity index (χ4n) is 2.47. The Labute approximate surface area is 114 Å². The lowest BCUT2D eigenvalue weighted by molar-refractivity contribution is 0.161. The highest BCUT2D eigenvalue weighted by atomic mass is 16.5. The van der Waals surface area contributed by atoms with Gasteiger partial charge in [-0.05, 0) is 19.3 Å². The summed E-state index contributed by atoms with van der Waals surface area (Å²) in [6, 6.07) is 5.69. The predicted molar refractivity (Wildman–Crippen MR) is 75.0 cm³/mol. The highest BCUT2D eigenvalue weighted by Gasteiger charge is 2.22. The molecule has 1 aliphatic rings. The summed E-state index contributed by atoms with van der Waals surface area (Å²) in [6.07, 6.45) is 5.75. The zero-order valence-electron chi connectivity index (χ0n) is 11.7. The SMILES string of the molecule is COc1cc(OC)cc(OC2CCCCCC2N)c1. The van der Waals surface area contributed by atoms with E-state index in [1.807, 2.05) is 18.2 Å². The molecule has 4 nitrogen and oxygen atoms in total. The van der Waals surface area contributed by atoms with Crippen molar-refractivity contribution in [2.75, 3.05) is 14.2 Å². The van der Waals surface area contributed by atoms with Crippen molar-refractivity contribution in [3.8, 4) is 17.2 Å². The number of ether oxygens (including phenoxy) is 3. The molecule has 0 radical (unpaired) electrons. The van der Waals surface area contributed by atoms with Gasteiger partial charge in [0.1, 0.15) is 23.4 Å². The maximum atomic E-state index is 6.18. The molecule has 0 bridgehead atoms. The van der Waals surface area contributed by atoms with Crippen LogP contribution in [0.25, 0.3) is 0 Å². The van der Waals surface area contributed by atoms with Crippen LogP contribution in [0.3, 0.4) is 0 Å². The van der Waals surface area contributed by atoms with E-state index >= 15 is 0 Å². The molecule has 1 saturated carbocycles. The fraction of sp³-hybridized carbons (Fsp3) is 0.600. The quantitative estimate of drug-likeness (QED) is 0.850. The van der Waals surface area contributed by atoms with Gasteiger partial charge in [-0.25, -0.2) is 0 Å². The van der Waals surface area contributed by atoms with E-state index in [1.165, 1.54) is 19.3 Å². The average molecular weight is 265 g/mol. The molecule has 2 atom stereocenters. The van der Waals surface area contributed by atoms with Gasteiger partial charge in [-0.15, -0.1) is 0 Å². The van der Waals surface area contributed by atoms with Crippen molar-refractivity contribution in [2.24, 2.45) is 5.73 Å². The van der Waals surface area contributed by atoms with Gasteiger partial charge in [-0.2, -0.15) is 0 Å². The van der Waals surface area contributed by atoms with Gasteiger partial charge in [0.2, 0.25) is 0 Å². The third-order valence-electron chi connectivity index (χ3n) is 3.62. The van der Waals surface area contributed by atoms with Crippen molar-refractivity contribution < 1.29 is 14.2 Å². The number of methoxy groups -OCH3 is 2. The van der Waals surface area contributed by atoms with Crippen LogP contribution in [-0.2, 0) is 0 Å². The van der Waals surface area contributed by atoms with Crippen molar-refractivity contribution in [2.45, 2.75) is 44.2 Å². The standard InChI is InChI=1S/C15H23NO3/c1-17-11-8-12(18-2)10-13(9-11)19-15-7-5-3-4-6-14(15)16/h8-10,14-15H,3-7,16H2,1-2H3. The first-order valence-electron chi connectivity index (χ1n) is 6.88. The van der Waals surface area contributed by atoms with Crippen LogP contribution in [0, 0.1) is 0 Å². The van der Waals surface area contributed by atoms with Crippen molar-refractivity contribution in [1.29, 1.82) is 0 Å². The van der Waals surface area contributed by atoms with E-state index in [0.29, 0.717) is 0 Å². The summed E-state index contributed by atoms with van der Waals surface area (Å²) in [5, 5.41) is 0. The molecule has 2 N–H and O–H groups in total. The molecule has 106 valence electrons. The molecule has 1 aliphatic carbocycles. The lowest BCUT2D eigenvalue weighted by Crippen LogP contribution is -2.37. The number of hydrogen-bond donors (Lipinski definition) is 1. The Hall–Kier alpha value is -1.42. The lowest BCUT2D eigenvalue weighted by Gasteiger charge is -2.23. The molecule has 0 aromatic heterocycles. The molecule has 1 aromatic rings. The first-order chi connectivity index (χ1) is 9.22. The van der Waals surface area contributed by atoms with Crippen molar-refractivity contribution >= 4 is 0 Å². The van der Waals surface area contributed by atoms with E-state index in [4.69, 9.17) is 19.9 Å². The van der Waals surface area contributed by atoms with Crippen LogP contribution in [0.1, 0.15) is 32.1 Å². The Morgan fingerprint density at radius 2 is 1.47 bits per heavy atom. The largest absolute Gasteiger partial charge is 0.496 e. The highest BCUT2D eigenvalue weighted by molar-refractivity contribution is 5.42. The van der Waals surface area contributed by atoms with Gasteiger partial charge >= 0.3 is 0 Å². The minimum atomic E-state index is 0.0827. The molecule has 0 saturated heterocycles. The van der Waals surface area contributed by atoms with E-state index in [9.17, 15) is 0 Å². The predicted octanol–water partition coefficient (Wildman–Crippen LogP) is 2.74. The van der Waals surface area contributed by atoms with Crippen LogP contribution < -0.4 is 19.9 Å². The zero-order chi connectivity index (χ0) is 13.7. The van der Waals surface area contributed by atoms with Gasteiger partial charge in [0.15, 0.2) is 0 Å². The number of rotatable bonds is 4. The molecular formula is C15H23NO3. The molecule has 2 unspecified atom stereocenters. The summed E-state index contributed by atoms with van der Waals surface area (Å²) >= 11 is 0. The lowest BCUT2D eigenvalue weighted by atomic mass is 10.1. The second-order valence-electron chi connectivity index (χ2n) is 5.01. The van der Waals surface area contributed by atoms with Gasteiger partial charge in [-0.1, -0.05) is 12.8 Å². The molecule has 0 spiro atoms. The minimum absolute atomic E-state index is 0.0827. The molecule has 1 fully saturated rings. The third kappa shape index (κ3) is 3.77. The summed E-state index contributed by atoms with van der Waals surface area (Å²) in [7, 11) is 3.27. The van der Waals surface area contributed by atoms with Gasteiger partial charge in [0, 0.05) is 24.2 Å². The van der Waals surface area contributed by atoms with Gasteiger partial charge < -0.3 is 19.9 Å². The van der Waals surface area contributed by atoms with E-state index in [2.05, 4.69) is 0 Å². The smallest absolute Gasteiger partial charge is 0.127 e. The Morgan fingerprint density at radius 3 is 2.11 bits per heavy atom. The molecular weight excluding hydrogens is 242 g/mol. The van der Waals surface area contributed by atoms with Crippen molar-refractivity contribution in [1.82, 2.24) is 0 Å². The molecule has 4 heteroatoms. The first-order valence-corrected chi connectivity index (χ1v) is 6.88. The van der Waals surface area contributed by atoms with Crippen LogP contribution in [0.2, 0.25) is 0 Å². The average Bonchev–Trinajstić information content (AvgIpc) is 2.63. The normalized spacial score (nSPS) is 23.5. The summed E-state index contributed by atoms with van der Waals surface area (Å²) in [6.45, 7) is 0. The zero-order valence-corrected chi connectivity index (χ0v) is 11.7. The van der Waals surface area contributed by atoms with Crippen molar-refractivity contribution in [3.63, 3.8) is 0 Å². The summed E-state index contributed by atoms with van der Waals surface area (Å²) in [5.41, 5.74) is 6.18. The fourth-order valence-corrected chi connectivity index (χ4v) is 2.47. The van der Waals surface area contributed by atoms with Crippen LogP contribution in [0.5, 0.6) is 17.2 Å². The third-order valence-corrected chi connectivity index (χ3v) is 3.62. The van der Waals surface area contributed by atoms with Crippen LogP contribution >= 0.6 is 0 Å². The first kappa shape index (κ1) is 14.0. The Morgan fingerprint density at radius 1 is 0.895 bits per heavy atom. The molecule has 0 aliphatic heterocycles.